The fourth-order valence-electron chi connectivity index (χ4n) is 2.26. The lowest BCUT2D eigenvalue weighted by Crippen LogP contribution is -2.13. The molecule has 0 unspecified atom stereocenters. The quantitative estimate of drug-likeness (QED) is 0.897. The van der Waals surface area contributed by atoms with Gasteiger partial charge < -0.3 is 10.1 Å². The highest BCUT2D eigenvalue weighted by atomic mass is 16.5. The molecule has 2 aromatic carbocycles. The first kappa shape index (κ1) is 12.5. The normalized spacial score (nSPS) is 12.4. The van der Waals surface area contributed by atoms with Crippen molar-refractivity contribution < 1.29 is 9.53 Å². The second-order valence-electron chi connectivity index (χ2n) is 4.74. The van der Waals surface area contributed by atoms with Crippen LogP contribution in [0, 0.1) is 0 Å². The molecule has 4 heteroatoms. The van der Waals surface area contributed by atoms with Crippen molar-refractivity contribution in [3.63, 3.8) is 0 Å². The zero-order valence-electron chi connectivity index (χ0n) is 11.1. The molecule has 0 aromatic heterocycles. The standard InChI is InChI=1S/C16H16N2O2/c19-16(20-11-12-4-2-1-3-5-12)18-14-6-7-15-13(10-14)8-9-17-15/h1-7,10,17H,8-9,11H2,(H,18,19). The van der Waals surface area contributed by atoms with E-state index in [4.69, 9.17) is 4.74 Å². The molecule has 0 spiro atoms. The van der Waals surface area contributed by atoms with Gasteiger partial charge in [0, 0.05) is 17.9 Å². The molecule has 0 fully saturated rings. The number of fused-ring (bicyclic) bond motifs is 1. The summed E-state index contributed by atoms with van der Waals surface area (Å²) in [7, 11) is 0. The number of amides is 1. The maximum atomic E-state index is 11.7. The molecule has 2 aromatic rings. The molecule has 3 rings (SSSR count). The zero-order valence-corrected chi connectivity index (χ0v) is 11.1. The van der Waals surface area contributed by atoms with Crippen LogP contribution < -0.4 is 10.6 Å². The number of rotatable bonds is 3. The van der Waals surface area contributed by atoms with Crippen LogP contribution in [0.3, 0.4) is 0 Å². The Morgan fingerprint density at radius 3 is 2.90 bits per heavy atom. The number of nitrogens with one attached hydrogen (secondary N) is 2. The van der Waals surface area contributed by atoms with Crippen LogP contribution in [0.2, 0.25) is 0 Å². The number of benzene rings is 2. The minimum absolute atomic E-state index is 0.277. The predicted molar refractivity (Wildman–Crippen MR) is 78.9 cm³/mol. The molecule has 0 saturated heterocycles. The summed E-state index contributed by atoms with van der Waals surface area (Å²) < 4.78 is 5.19. The van der Waals surface area contributed by atoms with Crippen molar-refractivity contribution >= 4 is 17.5 Å². The summed E-state index contributed by atoms with van der Waals surface area (Å²) in [5.41, 5.74) is 4.12. The summed E-state index contributed by atoms with van der Waals surface area (Å²) >= 11 is 0. The van der Waals surface area contributed by atoms with Crippen molar-refractivity contribution in [2.24, 2.45) is 0 Å². The van der Waals surface area contributed by atoms with Crippen LogP contribution in [0.15, 0.2) is 48.5 Å². The lowest BCUT2D eigenvalue weighted by Gasteiger charge is -2.08. The number of hydrogen-bond donors (Lipinski definition) is 2. The molecule has 102 valence electrons. The van der Waals surface area contributed by atoms with Crippen LogP contribution >= 0.6 is 0 Å². The van der Waals surface area contributed by atoms with Crippen LogP contribution in [0.5, 0.6) is 0 Å². The Kier molecular flexibility index (Phi) is 3.54. The Bertz CT molecular complexity index is 611. The highest BCUT2D eigenvalue weighted by Crippen LogP contribution is 2.25. The van der Waals surface area contributed by atoms with E-state index in [1.54, 1.807) is 0 Å². The maximum absolute atomic E-state index is 11.7. The number of carbonyl (C=O) groups excluding carboxylic acids is 1. The van der Waals surface area contributed by atoms with Gasteiger partial charge in [-0.2, -0.15) is 0 Å². The Hall–Kier alpha value is -2.49. The Balaban J connectivity index is 1.56. The number of ether oxygens (including phenoxy) is 1. The summed E-state index contributed by atoms with van der Waals surface area (Å²) in [6, 6.07) is 15.5. The van der Waals surface area contributed by atoms with Gasteiger partial charge in [0.2, 0.25) is 0 Å². The Morgan fingerprint density at radius 1 is 1.20 bits per heavy atom. The van der Waals surface area contributed by atoms with E-state index in [0.717, 1.165) is 29.9 Å². The monoisotopic (exact) mass is 268 g/mol. The molecule has 0 radical (unpaired) electrons. The van der Waals surface area contributed by atoms with Gasteiger partial charge in [-0.25, -0.2) is 4.79 Å². The highest BCUT2D eigenvalue weighted by molar-refractivity contribution is 5.85. The first-order valence-electron chi connectivity index (χ1n) is 6.66. The summed E-state index contributed by atoms with van der Waals surface area (Å²) in [5, 5.41) is 6.04. The smallest absolute Gasteiger partial charge is 0.411 e. The second-order valence-corrected chi connectivity index (χ2v) is 4.74. The van der Waals surface area contributed by atoms with Gasteiger partial charge in [-0.1, -0.05) is 30.3 Å². The van der Waals surface area contributed by atoms with Gasteiger partial charge in [0.25, 0.3) is 0 Å². The third-order valence-corrected chi connectivity index (χ3v) is 3.27. The third-order valence-electron chi connectivity index (χ3n) is 3.27. The van der Waals surface area contributed by atoms with Crippen LogP contribution in [0.25, 0.3) is 0 Å². The van der Waals surface area contributed by atoms with E-state index in [0.29, 0.717) is 0 Å². The fourth-order valence-corrected chi connectivity index (χ4v) is 2.26. The molecular weight excluding hydrogens is 252 g/mol. The molecule has 1 aliphatic heterocycles. The lowest BCUT2D eigenvalue weighted by atomic mass is 10.1. The molecule has 1 aliphatic rings. The molecule has 1 amide bonds. The van der Waals surface area contributed by atoms with Crippen LogP contribution in [-0.4, -0.2) is 12.6 Å². The van der Waals surface area contributed by atoms with Crippen molar-refractivity contribution in [3.05, 3.63) is 59.7 Å². The van der Waals surface area contributed by atoms with Gasteiger partial charge in [-0.3, -0.25) is 5.32 Å². The largest absolute Gasteiger partial charge is 0.444 e. The molecule has 1 heterocycles. The molecule has 0 bridgehead atoms. The van der Waals surface area contributed by atoms with E-state index < -0.39 is 6.09 Å². The van der Waals surface area contributed by atoms with Crippen LogP contribution in [0.4, 0.5) is 16.2 Å². The summed E-state index contributed by atoms with van der Waals surface area (Å²) in [6.45, 7) is 1.23. The first-order chi connectivity index (χ1) is 9.81. The van der Waals surface area contributed by atoms with Gasteiger partial charge in [0.15, 0.2) is 0 Å². The van der Waals surface area contributed by atoms with Crippen molar-refractivity contribution in [1.29, 1.82) is 0 Å². The number of carbonyl (C=O) groups is 1. The van der Waals surface area contributed by atoms with Crippen molar-refractivity contribution in [2.75, 3.05) is 17.2 Å². The topological polar surface area (TPSA) is 50.4 Å². The van der Waals surface area contributed by atoms with Gasteiger partial charge >= 0.3 is 6.09 Å². The number of hydrogen-bond acceptors (Lipinski definition) is 3. The Labute approximate surface area is 117 Å². The van der Waals surface area contributed by atoms with Crippen molar-refractivity contribution in [1.82, 2.24) is 0 Å². The second kappa shape index (κ2) is 5.65. The predicted octanol–water partition coefficient (Wildman–Crippen LogP) is 3.40. The molecule has 0 aliphatic carbocycles. The summed E-state index contributed by atoms with van der Waals surface area (Å²) in [4.78, 5) is 11.7. The average Bonchev–Trinajstić information content (AvgIpc) is 2.94. The van der Waals surface area contributed by atoms with Crippen LogP contribution in [0.1, 0.15) is 11.1 Å². The van der Waals surface area contributed by atoms with E-state index in [1.807, 2.05) is 48.5 Å². The van der Waals surface area contributed by atoms with Gasteiger partial charge in [-0.05, 0) is 35.7 Å². The number of anilines is 2. The van der Waals surface area contributed by atoms with E-state index in [1.165, 1.54) is 5.56 Å². The van der Waals surface area contributed by atoms with E-state index >= 15 is 0 Å². The first-order valence-corrected chi connectivity index (χ1v) is 6.66. The van der Waals surface area contributed by atoms with Crippen molar-refractivity contribution in [3.8, 4) is 0 Å². The van der Waals surface area contributed by atoms with Crippen LogP contribution in [-0.2, 0) is 17.8 Å². The third kappa shape index (κ3) is 2.91. The lowest BCUT2D eigenvalue weighted by molar-refractivity contribution is 0.155. The minimum atomic E-state index is -0.431. The SMILES string of the molecule is O=C(Nc1ccc2c(c1)CCN2)OCc1ccccc1. The average molecular weight is 268 g/mol. The van der Waals surface area contributed by atoms with Gasteiger partial charge in [-0.15, -0.1) is 0 Å². The van der Waals surface area contributed by atoms with Gasteiger partial charge in [0.05, 0.1) is 0 Å². The zero-order chi connectivity index (χ0) is 13.8. The Morgan fingerprint density at radius 2 is 2.05 bits per heavy atom. The molecule has 0 atom stereocenters. The molecule has 0 saturated carbocycles. The van der Waals surface area contributed by atoms with E-state index in [-0.39, 0.29) is 6.61 Å². The maximum Gasteiger partial charge on any atom is 0.411 e. The van der Waals surface area contributed by atoms with E-state index in [9.17, 15) is 4.79 Å². The molecule has 4 nitrogen and oxygen atoms in total. The summed E-state index contributed by atoms with van der Waals surface area (Å²) in [5.74, 6) is 0. The minimum Gasteiger partial charge on any atom is -0.444 e. The molecule has 2 N–H and O–H groups in total. The summed E-state index contributed by atoms with van der Waals surface area (Å²) in [6.07, 6.45) is 0.559. The molecule has 20 heavy (non-hydrogen) atoms. The highest BCUT2D eigenvalue weighted by Gasteiger charge is 2.11. The van der Waals surface area contributed by atoms with E-state index in [2.05, 4.69) is 10.6 Å². The van der Waals surface area contributed by atoms with Gasteiger partial charge in [0.1, 0.15) is 6.61 Å². The molecular formula is C16H16N2O2. The van der Waals surface area contributed by atoms with Crippen molar-refractivity contribution in [2.45, 2.75) is 13.0 Å². The fraction of sp³-hybridized carbons (Fsp3) is 0.188.